The zero-order chi connectivity index (χ0) is 8.55. The molecule has 1 heterocycles. The van der Waals surface area contributed by atoms with Gasteiger partial charge in [0.1, 0.15) is 6.33 Å². The molecule has 3 N–H and O–H groups in total. The molecule has 4 heteroatoms. The summed E-state index contributed by atoms with van der Waals surface area (Å²) in [5.74, 6) is 0.657. The lowest BCUT2D eigenvalue weighted by atomic mass is 9.82. The molecule has 0 unspecified atom stereocenters. The first-order chi connectivity index (χ1) is 5.79. The van der Waals surface area contributed by atoms with Crippen molar-refractivity contribution >= 4 is 5.82 Å². The molecule has 1 aromatic rings. The molecule has 0 spiro atoms. The van der Waals surface area contributed by atoms with Gasteiger partial charge in [-0.2, -0.15) is 0 Å². The van der Waals surface area contributed by atoms with Gasteiger partial charge in [-0.15, -0.1) is 0 Å². The van der Waals surface area contributed by atoms with Crippen molar-refractivity contribution in [2.24, 2.45) is 0 Å². The maximum Gasteiger partial charge on any atom is 0.180 e. The van der Waals surface area contributed by atoms with E-state index in [1.54, 1.807) is 0 Å². The molecule has 0 aromatic carbocycles. The third-order valence-electron chi connectivity index (χ3n) is 2.37. The zero-order valence-electron chi connectivity index (χ0n) is 6.70. The fourth-order valence-electron chi connectivity index (χ4n) is 1.39. The number of nitrogen functional groups attached to an aromatic ring is 1. The van der Waals surface area contributed by atoms with Gasteiger partial charge in [0, 0.05) is 5.92 Å². The van der Waals surface area contributed by atoms with Crippen LogP contribution in [0.5, 0.6) is 5.75 Å². The highest BCUT2D eigenvalue weighted by molar-refractivity contribution is 5.48. The molecule has 1 aromatic heterocycles. The lowest BCUT2D eigenvalue weighted by Crippen LogP contribution is -2.11. The minimum absolute atomic E-state index is 0.0715. The van der Waals surface area contributed by atoms with Crippen molar-refractivity contribution in [3.05, 3.63) is 12.0 Å². The molecule has 2 rings (SSSR count). The Balaban J connectivity index is 2.36. The van der Waals surface area contributed by atoms with E-state index >= 15 is 0 Å². The number of aromatic nitrogens is 2. The minimum Gasteiger partial charge on any atom is -0.503 e. The molecular formula is C8H11N3O. The number of rotatable bonds is 1. The Hall–Kier alpha value is -1.32. The van der Waals surface area contributed by atoms with Crippen LogP contribution in [0.1, 0.15) is 30.9 Å². The van der Waals surface area contributed by atoms with Crippen LogP contribution in [0, 0.1) is 0 Å². The average molecular weight is 165 g/mol. The molecule has 0 atom stereocenters. The van der Waals surface area contributed by atoms with E-state index in [1.807, 2.05) is 0 Å². The fraction of sp³-hybridized carbons (Fsp3) is 0.500. The van der Waals surface area contributed by atoms with Gasteiger partial charge in [-0.1, -0.05) is 6.42 Å². The van der Waals surface area contributed by atoms with Crippen molar-refractivity contribution in [1.82, 2.24) is 9.97 Å². The van der Waals surface area contributed by atoms with E-state index in [0.717, 1.165) is 12.8 Å². The largest absolute Gasteiger partial charge is 0.503 e. The molecule has 0 aliphatic heterocycles. The molecule has 64 valence electrons. The van der Waals surface area contributed by atoms with Crippen LogP contribution in [0.25, 0.3) is 0 Å². The first-order valence-electron chi connectivity index (χ1n) is 4.08. The highest BCUT2D eigenvalue weighted by atomic mass is 16.3. The molecular weight excluding hydrogens is 154 g/mol. The van der Waals surface area contributed by atoms with Gasteiger partial charge in [0.15, 0.2) is 11.6 Å². The highest BCUT2D eigenvalue weighted by Gasteiger charge is 2.24. The van der Waals surface area contributed by atoms with Gasteiger partial charge in [0.2, 0.25) is 0 Å². The summed E-state index contributed by atoms with van der Waals surface area (Å²) in [6.45, 7) is 0. The Morgan fingerprint density at radius 1 is 1.42 bits per heavy atom. The van der Waals surface area contributed by atoms with Crippen LogP contribution in [0.2, 0.25) is 0 Å². The molecule has 1 aliphatic rings. The van der Waals surface area contributed by atoms with Crippen molar-refractivity contribution in [2.45, 2.75) is 25.2 Å². The predicted molar refractivity (Wildman–Crippen MR) is 44.7 cm³/mol. The van der Waals surface area contributed by atoms with E-state index in [2.05, 4.69) is 9.97 Å². The molecule has 1 aliphatic carbocycles. The van der Waals surface area contributed by atoms with Crippen LogP contribution in [-0.2, 0) is 0 Å². The van der Waals surface area contributed by atoms with Gasteiger partial charge >= 0.3 is 0 Å². The van der Waals surface area contributed by atoms with Gasteiger partial charge in [-0.3, -0.25) is 0 Å². The topological polar surface area (TPSA) is 72.0 Å². The molecule has 4 nitrogen and oxygen atoms in total. The standard InChI is InChI=1S/C8H11N3O/c9-8-7(12)6(10-4-11-8)5-2-1-3-5/h4-5,12H,1-3H2,(H2,9,10,11). The normalized spacial score (nSPS) is 17.3. The van der Waals surface area contributed by atoms with Crippen molar-refractivity contribution in [2.75, 3.05) is 5.73 Å². The highest BCUT2D eigenvalue weighted by Crippen LogP contribution is 2.40. The maximum atomic E-state index is 9.48. The predicted octanol–water partition coefficient (Wildman–Crippen LogP) is 1.03. The summed E-state index contributed by atoms with van der Waals surface area (Å²) in [5.41, 5.74) is 6.15. The second-order valence-corrected chi connectivity index (χ2v) is 3.12. The lowest BCUT2D eigenvalue weighted by Gasteiger charge is -2.25. The summed E-state index contributed by atoms with van der Waals surface area (Å²) in [5, 5.41) is 9.48. The van der Waals surface area contributed by atoms with Crippen molar-refractivity contribution < 1.29 is 5.11 Å². The molecule has 0 saturated heterocycles. The van der Waals surface area contributed by atoms with E-state index in [0.29, 0.717) is 11.6 Å². The molecule has 1 fully saturated rings. The number of hydrogen-bond donors (Lipinski definition) is 2. The fourth-order valence-corrected chi connectivity index (χ4v) is 1.39. The van der Waals surface area contributed by atoms with Gasteiger partial charge in [-0.25, -0.2) is 9.97 Å². The molecule has 0 bridgehead atoms. The Bertz CT molecular complexity index is 296. The first kappa shape index (κ1) is 7.34. The number of nitrogens with two attached hydrogens (primary N) is 1. The molecule has 1 saturated carbocycles. The Morgan fingerprint density at radius 3 is 2.75 bits per heavy atom. The number of nitrogens with zero attached hydrogens (tertiary/aromatic N) is 2. The van der Waals surface area contributed by atoms with Gasteiger partial charge in [0.25, 0.3) is 0 Å². The van der Waals surface area contributed by atoms with E-state index < -0.39 is 0 Å². The third-order valence-corrected chi connectivity index (χ3v) is 2.37. The van der Waals surface area contributed by atoms with Crippen LogP contribution >= 0.6 is 0 Å². The van der Waals surface area contributed by atoms with E-state index in [-0.39, 0.29) is 11.6 Å². The smallest absolute Gasteiger partial charge is 0.180 e. The van der Waals surface area contributed by atoms with Crippen LogP contribution < -0.4 is 5.73 Å². The maximum absolute atomic E-state index is 9.48. The van der Waals surface area contributed by atoms with Gasteiger partial charge < -0.3 is 10.8 Å². The lowest BCUT2D eigenvalue weighted by molar-refractivity contribution is 0.383. The quantitative estimate of drug-likeness (QED) is 0.652. The minimum atomic E-state index is 0.0715. The summed E-state index contributed by atoms with van der Waals surface area (Å²) >= 11 is 0. The summed E-state index contributed by atoms with van der Waals surface area (Å²) in [6, 6.07) is 0. The zero-order valence-corrected chi connectivity index (χ0v) is 6.70. The van der Waals surface area contributed by atoms with E-state index in [4.69, 9.17) is 5.73 Å². The summed E-state index contributed by atoms with van der Waals surface area (Å²) in [4.78, 5) is 7.72. The average Bonchev–Trinajstić information content (AvgIpc) is 1.95. The van der Waals surface area contributed by atoms with Crippen LogP contribution in [-0.4, -0.2) is 15.1 Å². The molecule has 12 heavy (non-hydrogen) atoms. The van der Waals surface area contributed by atoms with Crippen LogP contribution in [0.3, 0.4) is 0 Å². The molecule has 0 amide bonds. The second kappa shape index (κ2) is 2.62. The van der Waals surface area contributed by atoms with Crippen LogP contribution in [0.15, 0.2) is 6.33 Å². The van der Waals surface area contributed by atoms with E-state index in [1.165, 1.54) is 12.7 Å². The first-order valence-corrected chi connectivity index (χ1v) is 4.08. The third kappa shape index (κ3) is 0.995. The number of aromatic hydroxyl groups is 1. The van der Waals surface area contributed by atoms with Gasteiger partial charge in [-0.05, 0) is 12.8 Å². The van der Waals surface area contributed by atoms with Crippen molar-refractivity contribution in [1.29, 1.82) is 0 Å². The Labute approximate surface area is 70.5 Å². The Morgan fingerprint density at radius 2 is 2.17 bits per heavy atom. The van der Waals surface area contributed by atoms with Crippen LogP contribution in [0.4, 0.5) is 5.82 Å². The Kier molecular flexibility index (Phi) is 1.60. The second-order valence-electron chi connectivity index (χ2n) is 3.12. The SMILES string of the molecule is Nc1ncnc(C2CCC2)c1O. The van der Waals surface area contributed by atoms with Gasteiger partial charge in [0.05, 0.1) is 5.69 Å². The summed E-state index contributed by atoms with van der Waals surface area (Å²) in [7, 11) is 0. The molecule has 0 radical (unpaired) electrons. The number of anilines is 1. The number of hydrogen-bond acceptors (Lipinski definition) is 4. The monoisotopic (exact) mass is 165 g/mol. The van der Waals surface area contributed by atoms with E-state index in [9.17, 15) is 5.11 Å². The van der Waals surface area contributed by atoms with Crippen molar-refractivity contribution in [3.8, 4) is 5.75 Å². The van der Waals surface area contributed by atoms with Crippen molar-refractivity contribution in [3.63, 3.8) is 0 Å². The summed E-state index contributed by atoms with van der Waals surface area (Å²) < 4.78 is 0. The summed E-state index contributed by atoms with van der Waals surface area (Å²) in [6.07, 6.45) is 4.82.